The van der Waals surface area contributed by atoms with Gasteiger partial charge in [0.05, 0.1) is 26.4 Å². The predicted octanol–water partition coefficient (Wildman–Crippen LogP) is 6.61. The first-order chi connectivity index (χ1) is 15.3. The molecule has 0 atom stereocenters. The first kappa shape index (κ1) is 21.3. The Bertz CT molecular complexity index is 1370. The number of aryl methyl sites for hydroxylation is 3. The number of aromatic amines is 1. The number of rotatable bonds is 5. The minimum absolute atomic E-state index is 0.00234. The second-order valence-corrected chi connectivity index (χ2v) is 8.72. The number of allylic oxidation sites excluding steroid dienone is 1. The van der Waals surface area contributed by atoms with Gasteiger partial charge in [-0.1, -0.05) is 35.5 Å². The minimum atomic E-state index is -0.396. The summed E-state index contributed by atoms with van der Waals surface area (Å²) in [5, 5.41) is 21.4. The first-order valence-electron chi connectivity index (χ1n) is 9.96. The average Bonchev–Trinajstić information content (AvgIpc) is 3.17. The van der Waals surface area contributed by atoms with Gasteiger partial charge in [0.1, 0.15) is 11.9 Å². The number of imidazole rings is 1. The molecule has 6 nitrogen and oxygen atoms in total. The van der Waals surface area contributed by atoms with Gasteiger partial charge in [-0.15, -0.1) is 0 Å². The van der Waals surface area contributed by atoms with Crippen LogP contribution in [0, 0.1) is 42.2 Å². The maximum absolute atomic E-state index is 11.7. The van der Waals surface area contributed by atoms with Crippen molar-refractivity contribution in [1.82, 2.24) is 9.97 Å². The molecule has 0 bridgehead atoms. The molecule has 0 aliphatic carbocycles. The Morgan fingerprint density at radius 2 is 1.81 bits per heavy atom. The number of nitrogens with one attached hydrogen (secondary N) is 1. The Kier molecular flexibility index (Phi) is 5.80. The van der Waals surface area contributed by atoms with Crippen LogP contribution in [0.5, 0.6) is 0 Å². The average molecular weight is 441 g/mol. The number of hydrogen-bond acceptors (Lipinski definition) is 5. The van der Waals surface area contributed by atoms with E-state index in [1.807, 2.05) is 57.2 Å². The number of nitriles is 1. The molecule has 4 rings (SSSR count). The third-order valence-corrected chi connectivity index (χ3v) is 6.29. The molecule has 0 amide bonds. The highest BCUT2D eigenvalue weighted by Crippen LogP contribution is 2.36. The third-order valence-electron chi connectivity index (χ3n) is 5.21. The van der Waals surface area contributed by atoms with Gasteiger partial charge in [0.2, 0.25) is 0 Å². The normalized spacial score (nSPS) is 11.5. The molecule has 0 aliphatic rings. The molecule has 0 aliphatic heterocycles. The standard InChI is InChI=1S/C25H20N4O2S/c1-15-4-7-20(8-5-15)32-24-9-6-18(13-23(24)29(30)31)12-19(14-26)25-27-21-10-16(2)17(3)11-22(21)28-25/h4-13H,1-3H3,(H,27,28)/b19-12-. The number of benzene rings is 3. The number of H-pyrrole nitrogens is 1. The molecule has 0 unspecified atom stereocenters. The molecule has 1 N–H and O–H groups in total. The number of aromatic nitrogens is 2. The van der Waals surface area contributed by atoms with E-state index in [-0.39, 0.29) is 5.69 Å². The van der Waals surface area contributed by atoms with Crippen LogP contribution in [0.3, 0.4) is 0 Å². The van der Waals surface area contributed by atoms with E-state index in [1.54, 1.807) is 18.2 Å². The summed E-state index contributed by atoms with van der Waals surface area (Å²) >= 11 is 1.34. The van der Waals surface area contributed by atoms with Gasteiger partial charge in [0, 0.05) is 11.0 Å². The zero-order chi connectivity index (χ0) is 22.8. The van der Waals surface area contributed by atoms with Gasteiger partial charge in [0.15, 0.2) is 0 Å². The molecule has 0 radical (unpaired) electrons. The van der Waals surface area contributed by atoms with Crippen LogP contribution in [0.2, 0.25) is 0 Å². The van der Waals surface area contributed by atoms with Crippen molar-refractivity contribution in [2.75, 3.05) is 0 Å². The Labute approximate surface area is 189 Å². The third kappa shape index (κ3) is 4.41. The van der Waals surface area contributed by atoms with E-state index in [9.17, 15) is 15.4 Å². The Morgan fingerprint density at radius 1 is 1.09 bits per heavy atom. The van der Waals surface area contributed by atoms with E-state index in [2.05, 4.69) is 16.0 Å². The fraction of sp³-hybridized carbons (Fsp3) is 0.120. The summed E-state index contributed by atoms with van der Waals surface area (Å²) in [4.78, 5) is 20.5. The lowest BCUT2D eigenvalue weighted by Crippen LogP contribution is -1.92. The van der Waals surface area contributed by atoms with Crippen LogP contribution in [0.1, 0.15) is 28.1 Å². The van der Waals surface area contributed by atoms with Gasteiger partial charge in [-0.25, -0.2) is 4.98 Å². The van der Waals surface area contributed by atoms with Gasteiger partial charge in [0.25, 0.3) is 5.69 Å². The molecule has 1 heterocycles. The smallest absolute Gasteiger partial charge is 0.283 e. The topological polar surface area (TPSA) is 95.6 Å². The van der Waals surface area contributed by atoms with Crippen molar-refractivity contribution in [3.8, 4) is 6.07 Å². The van der Waals surface area contributed by atoms with E-state index in [4.69, 9.17) is 0 Å². The summed E-state index contributed by atoms with van der Waals surface area (Å²) in [5.41, 5.74) is 5.88. The maximum Gasteiger partial charge on any atom is 0.283 e. The fourth-order valence-corrected chi connectivity index (χ4v) is 4.20. The van der Waals surface area contributed by atoms with Crippen LogP contribution in [0.25, 0.3) is 22.7 Å². The zero-order valence-electron chi connectivity index (χ0n) is 17.8. The molecule has 0 fully saturated rings. The van der Waals surface area contributed by atoms with Gasteiger partial charge in [-0.05, 0) is 73.9 Å². The molecule has 0 saturated carbocycles. The molecule has 7 heteroatoms. The largest absolute Gasteiger partial charge is 0.337 e. The maximum atomic E-state index is 11.7. The molecule has 158 valence electrons. The summed E-state index contributed by atoms with van der Waals surface area (Å²) in [6, 6.07) is 18.9. The van der Waals surface area contributed by atoms with Gasteiger partial charge >= 0.3 is 0 Å². The molecule has 4 aromatic rings. The van der Waals surface area contributed by atoms with Crippen LogP contribution in [0.4, 0.5) is 5.69 Å². The van der Waals surface area contributed by atoms with Crippen LogP contribution >= 0.6 is 11.8 Å². The molecule has 0 saturated heterocycles. The zero-order valence-corrected chi connectivity index (χ0v) is 18.7. The number of fused-ring (bicyclic) bond motifs is 1. The second-order valence-electron chi connectivity index (χ2n) is 7.61. The lowest BCUT2D eigenvalue weighted by atomic mass is 10.1. The quantitative estimate of drug-likeness (QED) is 0.214. The van der Waals surface area contributed by atoms with Crippen molar-refractivity contribution < 1.29 is 4.92 Å². The Morgan fingerprint density at radius 3 is 2.50 bits per heavy atom. The SMILES string of the molecule is Cc1ccc(Sc2ccc(/C=C(/C#N)c3nc4cc(C)c(C)cc4[nH]3)cc2[N+](=O)[O-])cc1. The number of nitrogens with zero attached hydrogens (tertiary/aromatic N) is 3. The van der Waals surface area contributed by atoms with Crippen molar-refractivity contribution in [2.24, 2.45) is 0 Å². The van der Waals surface area contributed by atoms with E-state index >= 15 is 0 Å². The van der Waals surface area contributed by atoms with E-state index in [1.165, 1.54) is 17.8 Å². The monoisotopic (exact) mass is 440 g/mol. The van der Waals surface area contributed by atoms with Crippen molar-refractivity contribution in [3.63, 3.8) is 0 Å². The number of hydrogen-bond donors (Lipinski definition) is 1. The Hall–Kier alpha value is -3.89. The van der Waals surface area contributed by atoms with Crippen molar-refractivity contribution in [1.29, 1.82) is 5.26 Å². The van der Waals surface area contributed by atoms with E-state index in [0.29, 0.717) is 21.9 Å². The fourth-order valence-electron chi connectivity index (χ4n) is 3.30. The highest BCUT2D eigenvalue weighted by atomic mass is 32.2. The van der Waals surface area contributed by atoms with Crippen LogP contribution in [-0.4, -0.2) is 14.9 Å². The van der Waals surface area contributed by atoms with E-state index in [0.717, 1.165) is 32.6 Å². The van der Waals surface area contributed by atoms with Gasteiger partial charge in [-0.3, -0.25) is 10.1 Å². The number of nitro benzene ring substituents is 1. The van der Waals surface area contributed by atoms with Crippen LogP contribution in [0.15, 0.2) is 64.4 Å². The molecule has 3 aromatic carbocycles. The van der Waals surface area contributed by atoms with Crippen molar-refractivity contribution >= 4 is 40.1 Å². The number of nitro groups is 1. The van der Waals surface area contributed by atoms with Gasteiger partial charge in [-0.2, -0.15) is 5.26 Å². The second kappa shape index (κ2) is 8.69. The summed E-state index contributed by atoms with van der Waals surface area (Å²) in [5.74, 6) is 0.438. The molecular formula is C25H20N4O2S. The van der Waals surface area contributed by atoms with E-state index < -0.39 is 4.92 Å². The molecule has 0 spiro atoms. The lowest BCUT2D eigenvalue weighted by molar-refractivity contribution is -0.387. The van der Waals surface area contributed by atoms with Crippen molar-refractivity contribution in [3.05, 3.63) is 92.8 Å². The summed E-state index contributed by atoms with van der Waals surface area (Å²) in [7, 11) is 0. The van der Waals surface area contributed by atoms with Crippen molar-refractivity contribution in [2.45, 2.75) is 30.6 Å². The predicted molar refractivity (Wildman–Crippen MR) is 127 cm³/mol. The molecular weight excluding hydrogens is 420 g/mol. The summed E-state index contributed by atoms with van der Waals surface area (Å²) in [6.45, 7) is 6.03. The molecule has 32 heavy (non-hydrogen) atoms. The summed E-state index contributed by atoms with van der Waals surface area (Å²) in [6.07, 6.45) is 1.62. The van der Waals surface area contributed by atoms with Gasteiger partial charge < -0.3 is 4.98 Å². The Balaban J connectivity index is 1.70. The minimum Gasteiger partial charge on any atom is -0.337 e. The highest BCUT2D eigenvalue weighted by molar-refractivity contribution is 7.99. The van der Waals surface area contributed by atoms with Crippen LogP contribution in [-0.2, 0) is 0 Å². The molecule has 1 aromatic heterocycles. The van der Waals surface area contributed by atoms with Crippen LogP contribution < -0.4 is 0 Å². The summed E-state index contributed by atoms with van der Waals surface area (Å²) < 4.78 is 0. The first-order valence-corrected chi connectivity index (χ1v) is 10.8. The lowest BCUT2D eigenvalue weighted by Gasteiger charge is -2.05. The highest BCUT2D eigenvalue weighted by Gasteiger charge is 2.16.